The van der Waals surface area contributed by atoms with Crippen LogP contribution in [-0.2, 0) is 0 Å². The van der Waals surface area contributed by atoms with Crippen molar-refractivity contribution in [3.05, 3.63) is 11.4 Å². The Morgan fingerprint density at radius 2 is 1.68 bits per heavy atom. The van der Waals surface area contributed by atoms with Crippen LogP contribution in [0.2, 0.25) is 0 Å². The summed E-state index contributed by atoms with van der Waals surface area (Å²) in [6.45, 7) is 7.31. The number of nitrogens with one attached hydrogen (secondary N) is 2. The van der Waals surface area contributed by atoms with Crippen molar-refractivity contribution in [3.63, 3.8) is 0 Å². The van der Waals surface area contributed by atoms with Crippen LogP contribution in [0.15, 0.2) is 0 Å². The Balaban J connectivity index is 3.22. The molecule has 0 amide bonds. The largest absolute Gasteiger partial charge is 0.394 e. The van der Waals surface area contributed by atoms with Gasteiger partial charge >= 0.3 is 0 Å². The summed E-state index contributed by atoms with van der Waals surface area (Å²) in [6.07, 6.45) is 0. The van der Waals surface area contributed by atoms with Gasteiger partial charge in [-0.05, 0) is 13.8 Å². The third kappa shape index (κ3) is 3.54. The second kappa shape index (κ2) is 6.16. The van der Waals surface area contributed by atoms with E-state index >= 15 is 0 Å². The highest BCUT2D eigenvalue weighted by Crippen LogP contribution is 2.25. The maximum Gasteiger partial charge on any atom is 0.135 e. The number of aliphatic hydroxyl groups excluding tert-OH is 2. The number of hydrogen-bond acceptors (Lipinski definition) is 6. The second-order valence-corrected chi connectivity index (χ2v) is 5.31. The van der Waals surface area contributed by atoms with Crippen LogP contribution < -0.4 is 10.6 Å². The monoisotopic (exact) mass is 268 g/mol. The SMILES string of the molecule is CNc1nc(C(C)C)nc(NC(C)(CO)CO)c1C. The summed E-state index contributed by atoms with van der Waals surface area (Å²) in [4.78, 5) is 8.92. The van der Waals surface area contributed by atoms with Gasteiger partial charge in [0.2, 0.25) is 0 Å². The Hall–Kier alpha value is -1.40. The lowest BCUT2D eigenvalue weighted by atomic mass is 10.1. The molecule has 6 heteroatoms. The second-order valence-electron chi connectivity index (χ2n) is 5.31. The molecule has 6 nitrogen and oxygen atoms in total. The maximum absolute atomic E-state index is 9.36. The molecule has 0 aliphatic carbocycles. The van der Waals surface area contributed by atoms with Crippen molar-refractivity contribution in [2.75, 3.05) is 30.9 Å². The van der Waals surface area contributed by atoms with Crippen molar-refractivity contribution in [3.8, 4) is 0 Å². The third-order valence-corrected chi connectivity index (χ3v) is 3.03. The highest BCUT2D eigenvalue weighted by atomic mass is 16.3. The van der Waals surface area contributed by atoms with Crippen molar-refractivity contribution in [1.82, 2.24) is 9.97 Å². The average molecular weight is 268 g/mol. The standard InChI is InChI=1S/C13H24N4O2/c1-8(2)10-15-11(14-5)9(3)12(16-10)17-13(4,6-18)7-19/h8,18-19H,6-7H2,1-5H3,(H2,14,15,16,17). The molecule has 1 rings (SSSR count). The molecule has 1 heterocycles. The van der Waals surface area contributed by atoms with E-state index in [4.69, 9.17) is 0 Å². The van der Waals surface area contributed by atoms with Crippen LogP contribution in [0.4, 0.5) is 11.6 Å². The molecule has 0 atom stereocenters. The first kappa shape index (κ1) is 15.7. The topological polar surface area (TPSA) is 90.3 Å². The fraction of sp³-hybridized carbons (Fsp3) is 0.692. The van der Waals surface area contributed by atoms with E-state index in [1.54, 1.807) is 14.0 Å². The molecule has 0 saturated carbocycles. The van der Waals surface area contributed by atoms with E-state index in [9.17, 15) is 10.2 Å². The first-order chi connectivity index (χ1) is 8.86. The normalized spacial score (nSPS) is 11.8. The Morgan fingerprint density at radius 3 is 2.11 bits per heavy atom. The number of hydrogen-bond donors (Lipinski definition) is 4. The van der Waals surface area contributed by atoms with Gasteiger partial charge in [-0.3, -0.25) is 0 Å². The van der Waals surface area contributed by atoms with Crippen LogP contribution in [0.1, 0.15) is 38.1 Å². The molecule has 0 bridgehead atoms. The molecular formula is C13H24N4O2. The van der Waals surface area contributed by atoms with Gasteiger partial charge < -0.3 is 20.8 Å². The zero-order chi connectivity index (χ0) is 14.6. The summed E-state index contributed by atoms with van der Waals surface area (Å²) >= 11 is 0. The Kier molecular flexibility index (Phi) is 5.08. The van der Waals surface area contributed by atoms with Gasteiger partial charge in [0.25, 0.3) is 0 Å². The van der Waals surface area contributed by atoms with Gasteiger partial charge in [-0.1, -0.05) is 13.8 Å². The van der Waals surface area contributed by atoms with Crippen molar-refractivity contribution >= 4 is 11.6 Å². The lowest BCUT2D eigenvalue weighted by molar-refractivity contribution is 0.147. The van der Waals surface area contributed by atoms with E-state index in [0.717, 1.165) is 17.2 Å². The summed E-state index contributed by atoms with van der Waals surface area (Å²) < 4.78 is 0. The van der Waals surface area contributed by atoms with Gasteiger partial charge in [0.1, 0.15) is 17.5 Å². The van der Waals surface area contributed by atoms with E-state index in [0.29, 0.717) is 5.82 Å². The molecule has 0 aliphatic heterocycles. The van der Waals surface area contributed by atoms with Gasteiger partial charge in [-0.15, -0.1) is 0 Å². The molecule has 4 N–H and O–H groups in total. The molecule has 108 valence electrons. The van der Waals surface area contributed by atoms with Gasteiger partial charge in [0.15, 0.2) is 0 Å². The van der Waals surface area contributed by atoms with Crippen molar-refractivity contribution in [1.29, 1.82) is 0 Å². The zero-order valence-electron chi connectivity index (χ0n) is 12.3. The minimum atomic E-state index is -0.807. The number of aromatic nitrogens is 2. The van der Waals surface area contributed by atoms with Crippen LogP contribution in [0.25, 0.3) is 0 Å². The molecule has 1 aromatic heterocycles. The van der Waals surface area contributed by atoms with E-state index < -0.39 is 5.54 Å². The lowest BCUT2D eigenvalue weighted by Gasteiger charge is -2.28. The van der Waals surface area contributed by atoms with Crippen LogP contribution in [-0.4, -0.2) is 46.0 Å². The third-order valence-electron chi connectivity index (χ3n) is 3.03. The molecule has 0 fully saturated rings. The van der Waals surface area contributed by atoms with Crippen LogP contribution in [0, 0.1) is 6.92 Å². The maximum atomic E-state index is 9.36. The van der Waals surface area contributed by atoms with Crippen molar-refractivity contribution in [2.24, 2.45) is 0 Å². The minimum Gasteiger partial charge on any atom is -0.394 e. The van der Waals surface area contributed by atoms with Gasteiger partial charge in [-0.25, -0.2) is 9.97 Å². The number of aliphatic hydroxyl groups is 2. The quantitative estimate of drug-likeness (QED) is 0.618. The lowest BCUT2D eigenvalue weighted by Crippen LogP contribution is -2.43. The fourth-order valence-electron chi connectivity index (χ4n) is 1.57. The Morgan fingerprint density at radius 1 is 1.16 bits per heavy atom. The van der Waals surface area contributed by atoms with E-state index in [1.165, 1.54) is 0 Å². The molecule has 1 aromatic rings. The summed E-state index contributed by atoms with van der Waals surface area (Å²) in [7, 11) is 1.81. The van der Waals surface area contributed by atoms with Gasteiger partial charge in [0.05, 0.1) is 18.8 Å². The summed E-state index contributed by atoms with van der Waals surface area (Å²) in [6, 6.07) is 0. The van der Waals surface area contributed by atoms with Crippen LogP contribution in [0.5, 0.6) is 0 Å². The van der Waals surface area contributed by atoms with E-state index in [1.807, 2.05) is 20.8 Å². The zero-order valence-corrected chi connectivity index (χ0v) is 12.3. The van der Waals surface area contributed by atoms with Crippen molar-refractivity contribution < 1.29 is 10.2 Å². The van der Waals surface area contributed by atoms with Crippen LogP contribution in [0.3, 0.4) is 0 Å². The molecule has 0 aliphatic rings. The fourth-order valence-corrected chi connectivity index (χ4v) is 1.57. The summed E-state index contributed by atoms with van der Waals surface area (Å²) in [5, 5.41) is 24.9. The van der Waals surface area contributed by atoms with Gasteiger partial charge in [-0.2, -0.15) is 0 Å². The first-order valence-electron chi connectivity index (χ1n) is 6.43. The number of anilines is 2. The summed E-state index contributed by atoms with van der Waals surface area (Å²) in [5.74, 6) is 2.30. The number of nitrogens with zero attached hydrogens (tertiary/aromatic N) is 2. The molecule has 0 saturated heterocycles. The Labute approximate surface area is 114 Å². The average Bonchev–Trinajstić information content (AvgIpc) is 2.40. The van der Waals surface area contributed by atoms with E-state index in [2.05, 4.69) is 20.6 Å². The van der Waals surface area contributed by atoms with Crippen LogP contribution >= 0.6 is 0 Å². The smallest absolute Gasteiger partial charge is 0.135 e. The van der Waals surface area contributed by atoms with Crippen molar-refractivity contribution in [2.45, 2.75) is 39.2 Å². The number of rotatable bonds is 6. The summed E-state index contributed by atoms with van der Waals surface area (Å²) in [5.41, 5.74) is 0.0540. The molecule has 0 unspecified atom stereocenters. The predicted molar refractivity (Wildman–Crippen MR) is 76.6 cm³/mol. The minimum absolute atomic E-state index is 0.182. The molecule has 0 radical (unpaired) electrons. The molecule has 0 aromatic carbocycles. The predicted octanol–water partition coefficient (Wildman–Crippen LogP) is 1.11. The first-order valence-corrected chi connectivity index (χ1v) is 6.43. The highest BCUT2D eigenvalue weighted by Gasteiger charge is 2.24. The Bertz CT molecular complexity index is 431. The van der Waals surface area contributed by atoms with Gasteiger partial charge in [0, 0.05) is 18.5 Å². The highest BCUT2D eigenvalue weighted by molar-refractivity contribution is 5.58. The molecular weight excluding hydrogens is 244 g/mol. The molecule has 19 heavy (non-hydrogen) atoms. The van der Waals surface area contributed by atoms with E-state index in [-0.39, 0.29) is 19.1 Å². The molecule has 0 spiro atoms.